The number of amides is 1. The Bertz CT molecular complexity index is 1280. The lowest BCUT2D eigenvalue weighted by atomic mass is 9.97. The monoisotopic (exact) mass is 525 g/mol. The number of carbonyl (C=O) groups is 1. The first-order chi connectivity index (χ1) is 16.9. The predicted molar refractivity (Wildman–Crippen MR) is 124 cm³/mol. The summed E-state index contributed by atoms with van der Waals surface area (Å²) in [5.41, 5.74) is 0.0288. The quantitative estimate of drug-likeness (QED) is 0.451. The molecule has 0 saturated carbocycles. The molecule has 4 atom stereocenters. The summed E-state index contributed by atoms with van der Waals surface area (Å²) in [4.78, 5) is 25.6. The Hall–Kier alpha value is -3.40. The number of alkyl halides is 4. The first-order valence-electron chi connectivity index (χ1n) is 10.8. The number of hydrogen-bond acceptors (Lipinski definition) is 6. The number of benzene rings is 1. The highest BCUT2D eigenvalue weighted by atomic mass is 35.5. The van der Waals surface area contributed by atoms with Gasteiger partial charge in [0, 0.05) is 5.57 Å². The molecule has 1 aromatic carbocycles. The second-order valence-corrected chi connectivity index (χ2v) is 8.76. The molecule has 0 bridgehead atoms. The SMILES string of the molecule is CC1C=C(c2nn(CC(=O)NC(CO)c3cccc(C#N)c3)c(=O)n2CC(O)C(F)(F)F)C=CC1Cl. The summed E-state index contributed by atoms with van der Waals surface area (Å²) in [5, 5.41) is 34.5. The lowest BCUT2D eigenvalue weighted by Gasteiger charge is -2.19. The third-order valence-electron chi connectivity index (χ3n) is 5.55. The summed E-state index contributed by atoms with van der Waals surface area (Å²) in [6.07, 6.45) is -3.08. The van der Waals surface area contributed by atoms with E-state index in [0.29, 0.717) is 25.9 Å². The van der Waals surface area contributed by atoms with Gasteiger partial charge in [-0.25, -0.2) is 9.48 Å². The van der Waals surface area contributed by atoms with Gasteiger partial charge in [0.2, 0.25) is 5.91 Å². The fraction of sp³-hybridized carbons (Fsp3) is 0.391. The topological polar surface area (TPSA) is 133 Å². The van der Waals surface area contributed by atoms with E-state index in [2.05, 4.69) is 10.4 Å². The maximum absolute atomic E-state index is 13.0. The molecule has 1 aliphatic rings. The predicted octanol–water partition coefficient (Wildman–Crippen LogP) is 1.89. The van der Waals surface area contributed by atoms with E-state index < -0.39 is 49.6 Å². The van der Waals surface area contributed by atoms with Crippen molar-refractivity contribution in [2.24, 2.45) is 5.92 Å². The number of nitriles is 1. The number of hydrogen-bond donors (Lipinski definition) is 3. The molecular weight excluding hydrogens is 503 g/mol. The number of aliphatic hydroxyl groups is 2. The molecular formula is C23H23ClF3N5O4. The standard InChI is InChI=1S/C23H23ClF3N5O4/c1-13-7-16(5-6-17(13)24)21-30-32(22(36)31(21)10-19(34)23(25,26)27)11-20(35)29-18(12-33)15-4-2-3-14(8-15)9-28/h2-8,13,17-19,33-34H,10-12H2,1H3,(H,29,35). The third kappa shape index (κ3) is 6.23. The van der Waals surface area contributed by atoms with Crippen LogP contribution in [0.3, 0.4) is 0 Å². The molecule has 0 saturated heterocycles. The van der Waals surface area contributed by atoms with Gasteiger partial charge in [-0.15, -0.1) is 16.7 Å². The molecule has 0 radical (unpaired) electrons. The van der Waals surface area contributed by atoms with Gasteiger partial charge < -0.3 is 15.5 Å². The summed E-state index contributed by atoms with van der Waals surface area (Å²) < 4.78 is 40.4. The Morgan fingerprint density at radius 2 is 2.11 bits per heavy atom. The van der Waals surface area contributed by atoms with Gasteiger partial charge in [0.15, 0.2) is 11.9 Å². The smallest absolute Gasteiger partial charge is 0.394 e. The molecule has 9 nitrogen and oxygen atoms in total. The molecule has 13 heteroatoms. The second-order valence-electron chi connectivity index (χ2n) is 8.26. The van der Waals surface area contributed by atoms with E-state index in [1.807, 2.05) is 6.07 Å². The minimum Gasteiger partial charge on any atom is -0.394 e. The molecule has 1 aliphatic carbocycles. The second kappa shape index (κ2) is 11.1. The van der Waals surface area contributed by atoms with E-state index >= 15 is 0 Å². The first-order valence-corrected chi connectivity index (χ1v) is 11.3. The number of nitrogens with zero attached hydrogens (tertiary/aromatic N) is 4. The molecule has 4 unspecified atom stereocenters. The molecule has 0 spiro atoms. The van der Waals surface area contributed by atoms with Crippen LogP contribution in [0.4, 0.5) is 13.2 Å². The number of allylic oxidation sites excluding steroid dienone is 4. The van der Waals surface area contributed by atoms with Gasteiger partial charge in [-0.1, -0.05) is 37.3 Å². The zero-order chi connectivity index (χ0) is 26.6. The molecule has 3 rings (SSSR count). The Balaban J connectivity index is 1.90. The summed E-state index contributed by atoms with van der Waals surface area (Å²) in [6.45, 7) is -0.527. The van der Waals surface area contributed by atoms with Gasteiger partial charge in [0.25, 0.3) is 0 Å². The molecule has 0 aliphatic heterocycles. The third-order valence-corrected chi connectivity index (χ3v) is 6.09. The van der Waals surface area contributed by atoms with E-state index in [9.17, 15) is 33.0 Å². The zero-order valence-electron chi connectivity index (χ0n) is 19.0. The largest absolute Gasteiger partial charge is 0.416 e. The van der Waals surface area contributed by atoms with E-state index in [0.717, 1.165) is 0 Å². The summed E-state index contributed by atoms with van der Waals surface area (Å²) >= 11 is 6.14. The lowest BCUT2D eigenvalue weighted by Crippen LogP contribution is -2.39. The number of carbonyl (C=O) groups excluding carboxylic acids is 1. The minimum absolute atomic E-state index is 0.164. The fourth-order valence-corrected chi connectivity index (χ4v) is 3.73. The molecule has 0 fully saturated rings. The Morgan fingerprint density at radius 1 is 1.39 bits per heavy atom. The summed E-state index contributed by atoms with van der Waals surface area (Å²) in [7, 11) is 0. The van der Waals surface area contributed by atoms with Crippen LogP contribution < -0.4 is 11.0 Å². The molecule has 36 heavy (non-hydrogen) atoms. The highest BCUT2D eigenvalue weighted by Crippen LogP contribution is 2.27. The molecule has 3 N–H and O–H groups in total. The average molecular weight is 526 g/mol. The molecule has 1 amide bonds. The molecule has 192 valence electrons. The van der Waals surface area contributed by atoms with Gasteiger partial charge in [-0.3, -0.25) is 9.36 Å². The molecule has 1 heterocycles. The van der Waals surface area contributed by atoms with Crippen molar-refractivity contribution in [2.75, 3.05) is 6.61 Å². The number of nitrogens with one attached hydrogen (secondary N) is 1. The lowest BCUT2D eigenvalue weighted by molar-refractivity contribution is -0.207. The van der Waals surface area contributed by atoms with Crippen molar-refractivity contribution in [3.8, 4) is 6.07 Å². The Kier molecular flexibility index (Phi) is 8.39. The summed E-state index contributed by atoms with van der Waals surface area (Å²) in [5.74, 6) is -1.14. The van der Waals surface area contributed by atoms with Crippen molar-refractivity contribution in [1.29, 1.82) is 5.26 Å². The Labute approximate surface area is 208 Å². The first kappa shape index (κ1) is 27.2. The van der Waals surface area contributed by atoms with E-state index in [-0.39, 0.29) is 17.1 Å². The van der Waals surface area contributed by atoms with Crippen LogP contribution >= 0.6 is 11.6 Å². The average Bonchev–Trinajstić information content (AvgIpc) is 3.13. The van der Waals surface area contributed by atoms with Gasteiger partial charge >= 0.3 is 11.9 Å². The van der Waals surface area contributed by atoms with Crippen molar-refractivity contribution in [1.82, 2.24) is 19.7 Å². The van der Waals surface area contributed by atoms with Crippen LogP contribution in [0.25, 0.3) is 5.57 Å². The van der Waals surface area contributed by atoms with Crippen molar-refractivity contribution in [3.05, 3.63) is 69.9 Å². The van der Waals surface area contributed by atoms with Crippen molar-refractivity contribution >= 4 is 23.1 Å². The maximum atomic E-state index is 13.0. The van der Waals surface area contributed by atoms with Gasteiger partial charge in [-0.2, -0.15) is 18.4 Å². The fourth-order valence-electron chi connectivity index (χ4n) is 3.58. The van der Waals surface area contributed by atoms with Crippen LogP contribution in [-0.2, 0) is 17.9 Å². The van der Waals surface area contributed by atoms with Crippen LogP contribution in [0, 0.1) is 17.2 Å². The normalized spacial score (nSPS) is 19.3. The van der Waals surface area contributed by atoms with Crippen molar-refractivity contribution < 1.29 is 28.2 Å². The van der Waals surface area contributed by atoms with Gasteiger partial charge in [-0.05, 0) is 23.6 Å². The van der Waals surface area contributed by atoms with Gasteiger partial charge in [0.1, 0.15) is 6.54 Å². The maximum Gasteiger partial charge on any atom is 0.416 e. The van der Waals surface area contributed by atoms with Crippen molar-refractivity contribution in [3.63, 3.8) is 0 Å². The number of halogens is 4. The number of rotatable bonds is 8. The van der Waals surface area contributed by atoms with Crippen LogP contribution in [0.15, 0.2) is 47.3 Å². The molecule has 2 aromatic rings. The minimum atomic E-state index is -4.98. The number of aromatic nitrogens is 3. The highest BCUT2D eigenvalue weighted by Gasteiger charge is 2.39. The zero-order valence-corrected chi connectivity index (χ0v) is 19.7. The van der Waals surface area contributed by atoms with Crippen LogP contribution in [-0.4, -0.2) is 54.7 Å². The van der Waals surface area contributed by atoms with E-state index in [1.54, 1.807) is 37.3 Å². The number of aliphatic hydroxyl groups excluding tert-OH is 2. The van der Waals surface area contributed by atoms with Crippen molar-refractivity contribution in [2.45, 2.75) is 43.7 Å². The van der Waals surface area contributed by atoms with Crippen LogP contribution in [0.1, 0.15) is 29.9 Å². The molecule has 1 aromatic heterocycles. The highest BCUT2D eigenvalue weighted by molar-refractivity contribution is 6.22. The van der Waals surface area contributed by atoms with Gasteiger partial charge in [0.05, 0.1) is 36.2 Å². The van der Waals surface area contributed by atoms with E-state index in [4.69, 9.17) is 16.9 Å². The van der Waals surface area contributed by atoms with Crippen LogP contribution in [0.2, 0.25) is 0 Å². The summed E-state index contributed by atoms with van der Waals surface area (Å²) in [6, 6.07) is 7.23. The van der Waals surface area contributed by atoms with E-state index in [1.165, 1.54) is 12.1 Å². The Morgan fingerprint density at radius 3 is 2.72 bits per heavy atom. The van der Waals surface area contributed by atoms with Crippen LogP contribution in [0.5, 0.6) is 0 Å².